The molecule has 3 nitrogen and oxygen atoms in total. The van der Waals surface area contributed by atoms with Crippen LogP contribution in [0.15, 0.2) is 53.0 Å². The zero-order chi connectivity index (χ0) is 14.4. The molecule has 0 aliphatic heterocycles. The fraction of sp³-hybridized carbons (Fsp3) is 0.250. The van der Waals surface area contributed by atoms with E-state index in [1.807, 2.05) is 24.3 Å². The molecule has 1 atom stereocenters. The van der Waals surface area contributed by atoms with Crippen molar-refractivity contribution in [2.75, 3.05) is 7.11 Å². The van der Waals surface area contributed by atoms with E-state index in [9.17, 15) is 0 Å². The minimum Gasteiger partial charge on any atom is -0.497 e. The van der Waals surface area contributed by atoms with E-state index >= 15 is 0 Å². The van der Waals surface area contributed by atoms with Crippen LogP contribution in [-0.2, 0) is 12.8 Å². The molecule has 0 aromatic heterocycles. The number of nitrogens with one attached hydrogen (secondary N) is 1. The first-order chi connectivity index (χ1) is 9.71. The van der Waals surface area contributed by atoms with Crippen molar-refractivity contribution < 1.29 is 4.74 Å². The number of benzene rings is 2. The third kappa shape index (κ3) is 4.34. The summed E-state index contributed by atoms with van der Waals surface area (Å²) in [7, 11) is 1.67. The predicted molar refractivity (Wildman–Crippen MR) is 85.7 cm³/mol. The number of ether oxygens (including phenoxy) is 1. The van der Waals surface area contributed by atoms with Crippen molar-refractivity contribution in [1.82, 2.24) is 5.43 Å². The molecule has 0 aliphatic carbocycles. The van der Waals surface area contributed by atoms with E-state index in [-0.39, 0.29) is 6.04 Å². The third-order valence-electron chi connectivity index (χ3n) is 3.25. The molecule has 3 N–H and O–H groups in total. The quantitative estimate of drug-likeness (QED) is 0.630. The Morgan fingerprint density at radius 3 is 2.40 bits per heavy atom. The van der Waals surface area contributed by atoms with Crippen LogP contribution < -0.4 is 16.0 Å². The van der Waals surface area contributed by atoms with Gasteiger partial charge in [0.25, 0.3) is 0 Å². The van der Waals surface area contributed by atoms with Gasteiger partial charge < -0.3 is 4.74 Å². The number of rotatable bonds is 6. The zero-order valence-corrected chi connectivity index (χ0v) is 13.1. The largest absolute Gasteiger partial charge is 0.497 e. The summed E-state index contributed by atoms with van der Waals surface area (Å²) in [6.45, 7) is 0. The van der Waals surface area contributed by atoms with Crippen molar-refractivity contribution in [3.63, 3.8) is 0 Å². The van der Waals surface area contributed by atoms with Crippen LogP contribution in [0.25, 0.3) is 0 Å². The number of hydrogen-bond acceptors (Lipinski definition) is 3. The first kappa shape index (κ1) is 15.0. The van der Waals surface area contributed by atoms with E-state index in [2.05, 4.69) is 45.6 Å². The van der Waals surface area contributed by atoms with E-state index in [1.54, 1.807) is 7.11 Å². The number of nitrogens with two attached hydrogens (primary N) is 1. The van der Waals surface area contributed by atoms with Crippen molar-refractivity contribution in [2.45, 2.75) is 18.9 Å². The minimum atomic E-state index is 0.206. The first-order valence-corrected chi connectivity index (χ1v) is 7.34. The SMILES string of the molecule is COc1ccc(CC(Cc2cccc(Br)c2)NN)cc1. The van der Waals surface area contributed by atoms with Gasteiger partial charge in [-0.15, -0.1) is 0 Å². The first-order valence-electron chi connectivity index (χ1n) is 6.55. The van der Waals surface area contributed by atoms with E-state index in [1.165, 1.54) is 11.1 Å². The molecule has 20 heavy (non-hydrogen) atoms. The Labute approximate surface area is 128 Å². The third-order valence-corrected chi connectivity index (χ3v) is 3.74. The summed E-state index contributed by atoms with van der Waals surface area (Å²) in [5, 5.41) is 0. The van der Waals surface area contributed by atoms with Gasteiger partial charge in [-0.3, -0.25) is 11.3 Å². The predicted octanol–water partition coefficient (Wildman–Crippen LogP) is 3.07. The Hall–Kier alpha value is -1.36. The number of methoxy groups -OCH3 is 1. The summed E-state index contributed by atoms with van der Waals surface area (Å²) in [4.78, 5) is 0. The number of halogens is 1. The average Bonchev–Trinajstić information content (AvgIpc) is 2.47. The molecule has 0 spiro atoms. The molecule has 2 aromatic carbocycles. The second-order valence-electron chi connectivity index (χ2n) is 4.75. The maximum Gasteiger partial charge on any atom is 0.118 e. The smallest absolute Gasteiger partial charge is 0.118 e. The normalized spacial score (nSPS) is 12.2. The Bertz CT molecular complexity index is 542. The second kappa shape index (κ2) is 7.43. The summed E-state index contributed by atoms with van der Waals surface area (Å²) >= 11 is 3.49. The van der Waals surface area contributed by atoms with Gasteiger partial charge in [0.1, 0.15) is 5.75 Å². The van der Waals surface area contributed by atoms with Crippen LogP contribution in [0.5, 0.6) is 5.75 Å². The summed E-state index contributed by atoms with van der Waals surface area (Å²) in [5.74, 6) is 6.55. The standard InChI is InChI=1S/C16H19BrN2O/c1-20-16-7-5-12(6-8-16)10-15(19-18)11-13-3-2-4-14(17)9-13/h2-9,15,19H,10-11,18H2,1H3. The van der Waals surface area contributed by atoms with E-state index in [4.69, 9.17) is 10.6 Å². The summed E-state index contributed by atoms with van der Waals surface area (Å²) < 4.78 is 6.26. The van der Waals surface area contributed by atoms with Gasteiger partial charge in [0.2, 0.25) is 0 Å². The Morgan fingerprint density at radius 2 is 1.80 bits per heavy atom. The summed E-state index contributed by atoms with van der Waals surface area (Å²) in [5.41, 5.74) is 5.40. The Morgan fingerprint density at radius 1 is 1.10 bits per heavy atom. The fourth-order valence-corrected chi connectivity index (χ4v) is 2.63. The molecule has 0 heterocycles. The van der Waals surface area contributed by atoms with Gasteiger partial charge in [0.15, 0.2) is 0 Å². The Balaban J connectivity index is 2.01. The molecule has 4 heteroatoms. The van der Waals surface area contributed by atoms with Gasteiger partial charge >= 0.3 is 0 Å². The highest BCUT2D eigenvalue weighted by atomic mass is 79.9. The topological polar surface area (TPSA) is 47.3 Å². The van der Waals surface area contributed by atoms with Gasteiger partial charge in [0.05, 0.1) is 7.11 Å². The van der Waals surface area contributed by atoms with Crippen LogP contribution in [0.1, 0.15) is 11.1 Å². The van der Waals surface area contributed by atoms with Gasteiger partial charge in [0, 0.05) is 10.5 Å². The van der Waals surface area contributed by atoms with Crippen LogP contribution in [0.4, 0.5) is 0 Å². The number of hydrogen-bond donors (Lipinski definition) is 2. The molecule has 0 fully saturated rings. The fourth-order valence-electron chi connectivity index (χ4n) is 2.18. The van der Waals surface area contributed by atoms with Crippen molar-refractivity contribution in [3.8, 4) is 5.75 Å². The summed E-state index contributed by atoms with van der Waals surface area (Å²) in [6, 6.07) is 16.6. The highest BCUT2D eigenvalue weighted by Gasteiger charge is 2.09. The van der Waals surface area contributed by atoms with E-state index < -0.39 is 0 Å². The van der Waals surface area contributed by atoms with Crippen LogP contribution in [-0.4, -0.2) is 13.2 Å². The number of hydrazine groups is 1. The molecule has 0 amide bonds. The average molecular weight is 335 g/mol. The molecule has 0 saturated carbocycles. The molecule has 0 aliphatic rings. The van der Waals surface area contributed by atoms with Crippen LogP contribution >= 0.6 is 15.9 Å². The van der Waals surface area contributed by atoms with Gasteiger partial charge in [-0.25, -0.2) is 0 Å². The lowest BCUT2D eigenvalue weighted by atomic mass is 9.99. The molecule has 0 bridgehead atoms. The van der Waals surface area contributed by atoms with Crippen LogP contribution in [0.3, 0.4) is 0 Å². The van der Waals surface area contributed by atoms with Gasteiger partial charge in [-0.1, -0.05) is 40.2 Å². The maximum atomic E-state index is 5.68. The lowest BCUT2D eigenvalue weighted by molar-refractivity contribution is 0.414. The van der Waals surface area contributed by atoms with E-state index in [0.717, 1.165) is 23.1 Å². The molecule has 0 saturated heterocycles. The monoisotopic (exact) mass is 334 g/mol. The zero-order valence-electron chi connectivity index (χ0n) is 11.5. The van der Waals surface area contributed by atoms with Crippen molar-refractivity contribution >= 4 is 15.9 Å². The molecule has 0 radical (unpaired) electrons. The minimum absolute atomic E-state index is 0.206. The van der Waals surface area contributed by atoms with Gasteiger partial charge in [-0.2, -0.15) is 0 Å². The lowest BCUT2D eigenvalue weighted by Crippen LogP contribution is -2.38. The van der Waals surface area contributed by atoms with Crippen molar-refractivity contribution in [2.24, 2.45) is 5.84 Å². The van der Waals surface area contributed by atoms with Crippen LogP contribution in [0, 0.1) is 0 Å². The van der Waals surface area contributed by atoms with E-state index in [0.29, 0.717) is 0 Å². The molecule has 106 valence electrons. The summed E-state index contributed by atoms with van der Waals surface area (Å²) in [6.07, 6.45) is 1.77. The second-order valence-corrected chi connectivity index (χ2v) is 5.67. The lowest BCUT2D eigenvalue weighted by Gasteiger charge is -2.16. The van der Waals surface area contributed by atoms with Crippen molar-refractivity contribution in [3.05, 3.63) is 64.1 Å². The Kier molecular flexibility index (Phi) is 5.59. The molecular formula is C16H19BrN2O. The van der Waals surface area contributed by atoms with Crippen LogP contribution in [0.2, 0.25) is 0 Å². The maximum absolute atomic E-state index is 5.68. The van der Waals surface area contributed by atoms with Gasteiger partial charge in [-0.05, 0) is 48.2 Å². The molecule has 2 rings (SSSR count). The highest BCUT2D eigenvalue weighted by Crippen LogP contribution is 2.16. The van der Waals surface area contributed by atoms with Crippen molar-refractivity contribution in [1.29, 1.82) is 0 Å². The molecular weight excluding hydrogens is 316 g/mol. The highest BCUT2D eigenvalue weighted by molar-refractivity contribution is 9.10. The molecule has 2 aromatic rings. The molecule has 1 unspecified atom stereocenters.